The highest BCUT2D eigenvalue weighted by atomic mass is 32.1. The number of anilines is 3. The molecule has 3 nitrogen and oxygen atoms in total. The quantitative estimate of drug-likeness (QED) is 0.185. The summed E-state index contributed by atoms with van der Waals surface area (Å²) >= 11 is 1.80. The molecule has 2 heterocycles. The van der Waals surface area contributed by atoms with Crippen LogP contribution in [-0.4, -0.2) is 4.98 Å². The normalized spacial score (nSPS) is 11.4. The van der Waals surface area contributed by atoms with Gasteiger partial charge in [-0.25, -0.2) is 4.98 Å². The number of hydrogen-bond donors (Lipinski definition) is 0. The Hall–Kier alpha value is -5.97. The molecular formula is C43H28N2OS. The standard InChI is InChI=1S/C43H28N2OS/c1-4-13-29(14-5-1)30-23-25-33(26-24-30)45(37-20-11-10-19-34(37)31-15-6-2-7-16-31)38-21-12-22-40-42(38)35-27-39-36(28-41(35)47-40)44-43(46-39)32-17-8-3-9-18-32/h1-28H. The van der Waals surface area contributed by atoms with Crippen molar-refractivity contribution in [1.29, 1.82) is 0 Å². The summed E-state index contributed by atoms with van der Waals surface area (Å²) in [5.74, 6) is 0.639. The summed E-state index contributed by atoms with van der Waals surface area (Å²) in [5, 5.41) is 2.36. The zero-order valence-electron chi connectivity index (χ0n) is 25.4. The van der Waals surface area contributed by atoms with Crippen LogP contribution in [0.5, 0.6) is 0 Å². The largest absolute Gasteiger partial charge is 0.436 e. The first-order valence-corrected chi connectivity index (χ1v) is 16.5. The Bertz CT molecular complexity index is 2500. The molecule has 0 saturated heterocycles. The van der Waals surface area contributed by atoms with E-state index < -0.39 is 0 Å². The lowest BCUT2D eigenvalue weighted by molar-refractivity contribution is 0.620. The molecule has 0 spiro atoms. The van der Waals surface area contributed by atoms with Gasteiger partial charge in [0, 0.05) is 37.0 Å². The highest BCUT2D eigenvalue weighted by molar-refractivity contribution is 7.26. The molecule has 0 unspecified atom stereocenters. The predicted molar refractivity (Wildman–Crippen MR) is 198 cm³/mol. The number of oxazole rings is 1. The van der Waals surface area contributed by atoms with Gasteiger partial charge in [-0.05, 0) is 71.3 Å². The molecule has 4 heteroatoms. The number of fused-ring (bicyclic) bond motifs is 4. The first kappa shape index (κ1) is 27.3. The van der Waals surface area contributed by atoms with E-state index in [0.29, 0.717) is 5.89 Å². The van der Waals surface area contributed by atoms with Crippen LogP contribution < -0.4 is 4.90 Å². The van der Waals surface area contributed by atoms with Crippen LogP contribution in [-0.2, 0) is 0 Å². The highest BCUT2D eigenvalue weighted by Crippen LogP contribution is 2.48. The zero-order valence-corrected chi connectivity index (χ0v) is 26.2. The number of rotatable bonds is 6. The Labute approximate surface area is 276 Å². The summed E-state index contributed by atoms with van der Waals surface area (Å²) in [6.07, 6.45) is 0. The van der Waals surface area contributed by atoms with E-state index in [0.717, 1.165) is 39.1 Å². The van der Waals surface area contributed by atoms with Crippen molar-refractivity contribution in [2.45, 2.75) is 0 Å². The van der Waals surface area contributed by atoms with Gasteiger partial charge in [0.05, 0.1) is 11.4 Å². The topological polar surface area (TPSA) is 29.3 Å². The Morgan fingerprint density at radius 1 is 0.489 bits per heavy atom. The van der Waals surface area contributed by atoms with Gasteiger partial charge in [-0.3, -0.25) is 0 Å². The van der Waals surface area contributed by atoms with E-state index >= 15 is 0 Å². The average molecular weight is 621 g/mol. The van der Waals surface area contributed by atoms with Crippen molar-refractivity contribution >= 4 is 59.7 Å². The average Bonchev–Trinajstić information content (AvgIpc) is 3.73. The monoisotopic (exact) mass is 620 g/mol. The molecule has 0 bridgehead atoms. The fourth-order valence-electron chi connectivity index (χ4n) is 6.49. The van der Waals surface area contributed by atoms with Crippen molar-refractivity contribution < 1.29 is 4.42 Å². The van der Waals surface area contributed by atoms with Crippen molar-refractivity contribution in [3.8, 4) is 33.7 Å². The van der Waals surface area contributed by atoms with E-state index in [-0.39, 0.29) is 0 Å². The maximum atomic E-state index is 6.36. The Balaban J connectivity index is 1.27. The van der Waals surface area contributed by atoms with Gasteiger partial charge in [0.15, 0.2) is 5.58 Å². The molecular weight excluding hydrogens is 593 g/mol. The van der Waals surface area contributed by atoms with Gasteiger partial charge in [-0.2, -0.15) is 0 Å². The molecule has 9 aromatic rings. The third-order valence-corrected chi connectivity index (χ3v) is 9.83. The number of benzene rings is 7. The molecule has 7 aromatic carbocycles. The molecule has 0 aliphatic rings. The van der Waals surface area contributed by atoms with Crippen LogP contribution in [0.25, 0.3) is 65.0 Å². The first-order chi connectivity index (χ1) is 23.3. The van der Waals surface area contributed by atoms with Crippen molar-refractivity contribution in [1.82, 2.24) is 4.98 Å². The van der Waals surface area contributed by atoms with Gasteiger partial charge in [0.2, 0.25) is 5.89 Å². The van der Waals surface area contributed by atoms with Crippen molar-refractivity contribution in [2.24, 2.45) is 0 Å². The van der Waals surface area contributed by atoms with E-state index in [1.165, 1.54) is 37.0 Å². The van der Waals surface area contributed by atoms with Gasteiger partial charge in [-0.15, -0.1) is 11.3 Å². The van der Waals surface area contributed by atoms with Gasteiger partial charge < -0.3 is 9.32 Å². The lowest BCUT2D eigenvalue weighted by atomic mass is 10.00. The summed E-state index contributed by atoms with van der Waals surface area (Å²) < 4.78 is 8.77. The number of hydrogen-bond acceptors (Lipinski definition) is 4. The van der Waals surface area contributed by atoms with Gasteiger partial charge in [-0.1, -0.05) is 115 Å². The van der Waals surface area contributed by atoms with E-state index in [1.54, 1.807) is 11.3 Å². The van der Waals surface area contributed by atoms with Crippen LogP contribution in [0.2, 0.25) is 0 Å². The summed E-state index contributed by atoms with van der Waals surface area (Å²) in [6, 6.07) is 59.8. The van der Waals surface area contributed by atoms with Gasteiger partial charge in [0.25, 0.3) is 0 Å². The number of thiophene rings is 1. The first-order valence-electron chi connectivity index (χ1n) is 15.7. The molecule has 0 amide bonds. The lowest BCUT2D eigenvalue weighted by Gasteiger charge is -2.29. The Morgan fingerprint density at radius 2 is 1.11 bits per heavy atom. The minimum atomic E-state index is 0.639. The third kappa shape index (κ3) is 4.87. The number of aromatic nitrogens is 1. The smallest absolute Gasteiger partial charge is 0.227 e. The molecule has 2 aromatic heterocycles. The highest BCUT2D eigenvalue weighted by Gasteiger charge is 2.22. The molecule has 0 radical (unpaired) electrons. The van der Waals surface area contributed by atoms with Crippen molar-refractivity contribution in [3.05, 3.63) is 170 Å². The molecule has 0 N–H and O–H groups in total. The van der Waals surface area contributed by atoms with Crippen LogP contribution in [0.1, 0.15) is 0 Å². The Morgan fingerprint density at radius 3 is 1.85 bits per heavy atom. The Kier molecular flexibility index (Phi) is 6.65. The van der Waals surface area contributed by atoms with Crippen LogP contribution in [0.15, 0.2) is 174 Å². The summed E-state index contributed by atoms with van der Waals surface area (Å²) in [5.41, 5.74) is 10.7. The maximum Gasteiger partial charge on any atom is 0.227 e. The van der Waals surface area contributed by atoms with Crippen LogP contribution in [0.4, 0.5) is 17.1 Å². The zero-order chi connectivity index (χ0) is 31.2. The predicted octanol–water partition coefficient (Wildman–Crippen LogP) is 12.7. The van der Waals surface area contributed by atoms with Crippen LogP contribution >= 0.6 is 11.3 Å². The van der Waals surface area contributed by atoms with Gasteiger partial charge >= 0.3 is 0 Å². The molecule has 222 valence electrons. The molecule has 0 aliphatic carbocycles. The fourth-order valence-corrected chi connectivity index (χ4v) is 7.63. The van der Waals surface area contributed by atoms with E-state index in [4.69, 9.17) is 9.40 Å². The summed E-state index contributed by atoms with van der Waals surface area (Å²) in [6.45, 7) is 0. The minimum absolute atomic E-state index is 0.639. The fraction of sp³-hybridized carbons (Fsp3) is 0. The summed E-state index contributed by atoms with van der Waals surface area (Å²) in [4.78, 5) is 7.27. The molecule has 47 heavy (non-hydrogen) atoms. The van der Waals surface area contributed by atoms with E-state index in [2.05, 4.69) is 144 Å². The summed E-state index contributed by atoms with van der Waals surface area (Å²) in [7, 11) is 0. The minimum Gasteiger partial charge on any atom is -0.436 e. The molecule has 0 aliphatic heterocycles. The van der Waals surface area contributed by atoms with E-state index in [9.17, 15) is 0 Å². The second-order valence-electron chi connectivity index (χ2n) is 11.6. The molecule has 9 rings (SSSR count). The lowest BCUT2D eigenvalue weighted by Crippen LogP contribution is -2.11. The third-order valence-electron chi connectivity index (χ3n) is 8.71. The van der Waals surface area contributed by atoms with Crippen LogP contribution in [0, 0.1) is 0 Å². The molecule has 0 atom stereocenters. The van der Waals surface area contributed by atoms with E-state index in [1.807, 2.05) is 30.3 Å². The molecule has 0 saturated carbocycles. The number of para-hydroxylation sites is 1. The van der Waals surface area contributed by atoms with Gasteiger partial charge in [0.1, 0.15) is 5.52 Å². The SMILES string of the molecule is c1ccc(-c2ccc(N(c3ccccc3-c3ccccc3)c3cccc4sc5cc6nc(-c7ccccc7)oc6cc5c34)cc2)cc1. The second kappa shape index (κ2) is 11.4. The van der Waals surface area contributed by atoms with Crippen LogP contribution in [0.3, 0.4) is 0 Å². The molecule has 0 fully saturated rings. The van der Waals surface area contributed by atoms with Crippen molar-refractivity contribution in [3.63, 3.8) is 0 Å². The maximum absolute atomic E-state index is 6.36. The second-order valence-corrected chi connectivity index (χ2v) is 12.7. The number of nitrogens with zero attached hydrogens (tertiary/aromatic N) is 2. The van der Waals surface area contributed by atoms with Crippen molar-refractivity contribution in [2.75, 3.05) is 4.90 Å².